The lowest BCUT2D eigenvalue weighted by molar-refractivity contribution is 0.768. The highest BCUT2D eigenvalue weighted by Crippen LogP contribution is 2.56. The van der Waals surface area contributed by atoms with Crippen molar-refractivity contribution in [3.8, 4) is 56.5 Å². The third-order valence-corrected chi connectivity index (χ3v) is 9.82. The SMILES string of the molecule is Cc1cccnc1-c1cc(C2(c3ccccc3)c3ccccc3-c3ccccc32)ccc1-c1nc(-c2ccccc2)nc(-c2ccccc2)n1. The van der Waals surface area contributed by atoms with Crippen molar-refractivity contribution in [3.05, 3.63) is 204 Å². The van der Waals surface area contributed by atoms with E-state index in [-0.39, 0.29) is 0 Å². The Morgan fingerprint density at radius 1 is 0.400 bits per heavy atom. The highest BCUT2D eigenvalue weighted by Gasteiger charge is 2.46. The minimum absolute atomic E-state index is 0.548. The zero-order valence-corrected chi connectivity index (χ0v) is 27.5. The van der Waals surface area contributed by atoms with Gasteiger partial charge in [-0.25, -0.2) is 15.0 Å². The molecule has 2 heterocycles. The lowest BCUT2D eigenvalue weighted by Crippen LogP contribution is -2.28. The highest BCUT2D eigenvalue weighted by atomic mass is 15.0. The number of aromatic nitrogens is 4. The quantitative estimate of drug-likeness (QED) is 0.181. The Labute approximate surface area is 291 Å². The molecular formula is C46H32N4. The Hall–Kier alpha value is -6.52. The van der Waals surface area contributed by atoms with Crippen LogP contribution in [-0.2, 0) is 5.41 Å². The van der Waals surface area contributed by atoms with Gasteiger partial charge in [0.25, 0.3) is 0 Å². The van der Waals surface area contributed by atoms with Crippen LogP contribution in [0.15, 0.2) is 176 Å². The molecule has 0 saturated carbocycles. The molecule has 0 unspecified atom stereocenters. The summed E-state index contributed by atoms with van der Waals surface area (Å²) >= 11 is 0. The molecule has 0 spiro atoms. The third kappa shape index (κ3) is 4.76. The lowest BCUT2D eigenvalue weighted by atomic mass is 9.67. The first-order chi connectivity index (χ1) is 24.7. The van der Waals surface area contributed by atoms with Crippen molar-refractivity contribution in [1.82, 2.24) is 19.9 Å². The topological polar surface area (TPSA) is 51.6 Å². The van der Waals surface area contributed by atoms with Crippen molar-refractivity contribution in [2.24, 2.45) is 0 Å². The minimum atomic E-state index is -0.548. The lowest BCUT2D eigenvalue weighted by Gasteiger charge is -2.34. The minimum Gasteiger partial charge on any atom is -0.256 e. The van der Waals surface area contributed by atoms with Crippen molar-refractivity contribution in [1.29, 1.82) is 0 Å². The number of nitrogens with zero attached hydrogens (tertiary/aromatic N) is 4. The summed E-state index contributed by atoms with van der Waals surface area (Å²) < 4.78 is 0. The van der Waals surface area contributed by atoms with E-state index in [9.17, 15) is 0 Å². The second-order valence-corrected chi connectivity index (χ2v) is 12.7. The molecule has 6 aromatic carbocycles. The molecule has 2 aromatic heterocycles. The number of hydrogen-bond acceptors (Lipinski definition) is 4. The molecule has 0 amide bonds. The van der Waals surface area contributed by atoms with Crippen LogP contribution >= 0.6 is 0 Å². The van der Waals surface area contributed by atoms with Crippen LogP contribution in [0.25, 0.3) is 56.5 Å². The van der Waals surface area contributed by atoms with Crippen LogP contribution in [0.1, 0.15) is 27.8 Å². The number of benzene rings is 6. The second-order valence-electron chi connectivity index (χ2n) is 12.7. The highest BCUT2D eigenvalue weighted by molar-refractivity contribution is 5.88. The van der Waals surface area contributed by atoms with E-state index in [0.717, 1.165) is 39.1 Å². The van der Waals surface area contributed by atoms with E-state index in [0.29, 0.717) is 17.5 Å². The van der Waals surface area contributed by atoms with Crippen molar-refractivity contribution in [2.75, 3.05) is 0 Å². The number of aryl methyl sites for hydroxylation is 1. The van der Waals surface area contributed by atoms with Crippen LogP contribution < -0.4 is 0 Å². The van der Waals surface area contributed by atoms with E-state index in [4.69, 9.17) is 19.9 Å². The van der Waals surface area contributed by atoms with Crippen LogP contribution in [0, 0.1) is 6.92 Å². The molecule has 9 rings (SSSR count). The van der Waals surface area contributed by atoms with Gasteiger partial charge in [0.15, 0.2) is 17.5 Å². The zero-order valence-electron chi connectivity index (χ0n) is 27.5. The maximum atomic E-state index is 5.14. The maximum Gasteiger partial charge on any atom is 0.164 e. The fraction of sp³-hybridized carbons (Fsp3) is 0.0435. The number of fused-ring (bicyclic) bond motifs is 3. The predicted molar refractivity (Wildman–Crippen MR) is 201 cm³/mol. The smallest absolute Gasteiger partial charge is 0.164 e. The molecule has 0 bridgehead atoms. The summed E-state index contributed by atoms with van der Waals surface area (Å²) in [5.74, 6) is 1.86. The van der Waals surface area contributed by atoms with E-state index >= 15 is 0 Å². The van der Waals surface area contributed by atoms with E-state index in [1.54, 1.807) is 0 Å². The van der Waals surface area contributed by atoms with Gasteiger partial charge < -0.3 is 0 Å². The second kappa shape index (κ2) is 12.2. The fourth-order valence-corrected chi connectivity index (χ4v) is 7.58. The van der Waals surface area contributed by atoms with Crippen LogP contribution in [0.5, 0.6) is 0 Å². The van der Waals surface area contributed by atoms with Gasteiger partial charge in [0.2, 0.25) is 0 Å². The monoisotopic (exact) mass is 640 g/mol. The van der Waals surface area contributed by atoms with E-state index < -0.39 is 5.41 Å². The van der Waals surface area contributed by atoms with Gasteiger partial charge in [0, 0.05) is 28.5 Å². The van der Waals surface area contributed by atoms with Crippen molar-refractivity contribution in [2.45, 2.75) is 12.3 Å². The van der Waals surface area contributed by atoms with Crippen LogP contribution in [-0.4, -0.2) is 19.9 Å². The Balaban J connectivity index is 1.35. The molecule has 236 valence electrons. The molecule has 8 aromatic rings. The molecule has 1 aliphatic carbocycles. The Bertz CT molecular complexity index is 2390. The molecule has 1 aliphatic rings. The normalized spacial score (nSPS) is 12.7. The van der Waals surface area contributed by atoms with Gasteiger partial charge in [-0.1, -0.05) is 158 Å². The van der Waals surface area contributed by atoms with Crippen LogP contribution in [0.2, 0.25) is 0 Å². The van der Waals surface area contributed by atoms with Crippen LogP contribution in [0.4, 0.5) is 0 Å². The summed E-state index contributed by atoms with van der Waals surface area (Å²) in [5.41, 5.74) is 12.6. The van der Waals surface area contributed by atoms with Crippen LogP contribution in [0.3, 0.4) is 0 Å². The molecule has 0 fully saturated rings. The summed E-state index contributed by atoms with van der Waals surface area (Å²) in [4.78, 5) is 20.2. The molecular weight excluding hydrogens is 609 g/mol. The van der Waals surface area contributed by atoms with E-state index in [1.807, 2.05) is 72.9 Å². The van der Waals surface area contributed by atoms with Gasteiger partial charge in [0.1, 0.15) is 0 Å². The molecule has 0 atom stereocenters. The Kier molecular flexibility index (Phi) is 7.21. The maximum absolute atomic E-state index is 5.14. The van der Waals surface area contributed by atoms with Gasteiger partial charge >= 0.3 is 0 Å². The standard InChI is InChI=1S/C46H32N4/c1-31-16-15-29-47-42(31)39-30-35(46(34-21-9-4-10-22-34)40-25-13-11-23-36(40)37-24-12-14-26-41(37)46)27-28-38(39)45-49-43(32-17-5-2-6-18-32)48-44(50-45)33-19-7-3-8-20-33/h2-30H,1H3. The van der Waals surface area contributed by atoms with Gasteiger partial charge in [-0.05, 0) is 58.0 Å². The third-order valence-electron chi connectivity index (χ3n) is 9.82. The summed E-state index contributed by atoms with van der Waals surface area (Å²) in [6, 6.07) is 59.6. The summed E-state index contributed by atoms with van der Waals surface area (Å²) in [6.07, 6.45) is 1.87. The number of pyridine rings is 1. The van der Waals surface area contributed by atoms with Gasteiger partial charge in [0.05, 0.1) is 11.1 Å². The largest absolute Gasteiger partial charge is 0.256 e. The fourth-order valence-electron chi connectivity index (χ4n) is 7.58. The Morgan fingerprint density at radius 3 is 1.50 bits per heavy atom. The number of hydrogen-bond donors (Lipinski definition) is 0. The van der Waals surface area contributed by atoms with E-state index in [1.165, 1.54) is 27.8 Å². The first-order valence-electron chi connectivity index (χ1n) is 16.9. The first kappa shape index (κ1) is 29.6. The number of rotatable bonds is 6. The molecule has 0 saturated heterocycles. The first-order valence-corrected chi connectivity index (χ1v) is 16.9. The van der Waals surface area contributed by atoms with E-state index in [2.05, 4.69) is 110 Å². The Morgan fingerprint density at radius 2 is 0.920 bits per heavy atom. The van der Waals surface area contributed by atoms with Gasteiger partial charge in [-0.3, -0.25) is 4.98 Å². The van der Waals surface area contributed by atoms with Crippen molar-refractivity contribution >= 4 is 0 Å². The molecule has 4 heteroatoms. The predicted octanol–water partition coefficient (Wildman–Crippen LogP) is 10.6. The summed E-state index contributed by atoms with van der Waals surface area (Å²) in [5, 5.41) is 0. The summed E-state index contributed by atoms with van der Waals surface area (Å²) in [6.45, 7) is 2.12. The molecule has 4 nitrogen and oxygen atoms in total. The average Bonchev–Trinajstić information content (AvgIpc) is 3.50. The molecule has 0 aliphatic heterocycles. The molecule has 50 heavy (non-hydrogen) atoms. The van der Waals surface area contributed by atoms with Gasteiger partial charge in [-0.15, -0.1) is 0 Å². The zero-order chi connectivity index (χ0) is 33.5. The molecule has 0 radical (unpaired) electrons. The van der Waals surface area contributed by atoms with Crippen molar-refractivity contribution in [3.63, 3.8) is 0 Å². The molecule has 0 N–H and O–H groups in total. The van der Waals surface area contributed by atoms with Gasteiger partial charge in [-0.2, -0.15) is 0 Å². The average molecular weight is 641 g/mol. The summed E-state index contributed by atoms with van der Waals surface area (Å²) in [7, 11) is 0. The van der Waals surface area contributed by atoms with Crippen molar-refractivity contribution < 1.29 is 0 Å².